The van der Waals surface area contributed by atoms with Gasteiger partial charge >= 0.3 is 0 Å². The number of para-hydroxylation sites is 1. The molecular formula is C24H18N4. The molecule has 4 aromatic rings. The van der Waals surface area contributed by atoms with Gasteiger partial charge in [0.15, 0.2) is 0 Å². The van der Waals surface area contributed by atoms with E-state index in [1.54, 1.807) is 6.20 Å². The Balaban J connectivity index is 1.90. The van der Waals surface area contributed by atoms with E-state index in [4.69, 9.17) is 5.10 Å². The maximum Gasteiger partial charge on any atom is 0.101 e. The van der Waals surface area contributed by atoms with Crippen LogP contribution in [0.5, 0.6) is 0 Å². The van der Waals surface area contributed by atoms with E-state index >= 15 is 0 Å². The summed E-state index contributed by atoms with van der Waals surface area (Å²) in [7, 11) is 0. The first-order valence-corrected chi connectivity index (χ1v) is 9.00. The van der Waals surface area contributed by atoms with Crippen molar-refractivity contribution in [1.29, 1.82) is 5.26 Å². The number of benzene rings is 2. The fraction of sp³-hybridized carbons (Fsp3) is 0.0417. The number of nitriles is 1. The normalized spacial score (nSPS) is 11.2. The highest BCUT2D eigenvalue weighted by Crippen LogP contribution is 2.29. The number of allylic oxidation sites excluding steroid dienone is 1. The molecule has 28 heavy (non-hydrogen) atoms. The van der Waals surface area contributed by atoms with Crippen molar-refractivity contribution in [3.8, 4) is 23.0 Å². The van der Waals surface area contributed by atoms with Gasteiger partial charge in [-0.25, -0.2) is 4.68 Å². The lowest BCUT2D eigenvalue weighted by Gasteiger charge is -2.04. The first-order chi connectivity index (χ1) is 13.8. The third-order valence-corrected chi connectivity index (χ3v) is 4.52. The molecule has 0 aliphatic heterocycles. The van der Waals surface area contributed by atoms with Crippen LogP contribution in [0.4, 0.5) is 0 Å². The molecular weight excluding hydrogens is 344 g/mol. The first-order valence-electron chi connectivity index (χ1n) is 9.00. The van der Waals surface area contributed by atoms with Crippen molar-refractivity contribution in [2.24, 2.45) is 0 Å². The molecule has 134 valence electrons. The van der Waals surface area contributed by atoms with Gasteiger partial charge in [0.1, 0.15) is 11.8 Å². The number of pyridine rings is 1. The number of nitrogens with zero attached hydrogens (tertiary/aromatic N) is 4. The summed E-state index contributed by atoms with van der Waals surface area (Å²) in [6.45, 7) is 2.06. The van der Waals surface area contributed by atoms with Crippen molar-refractivity contribution in [3.63, 3.8) is 0 Å². The molecule has 2 aromatic heterocycles. The summed E-state index contributed by atoms with van der Waals surface area (Å²) in [5, 5.41) is 14.5. The molecule has 0 aliphatic carbocycles. The lowest BCUT2D eigenvalue weighted by molar-refractivity contribution is 0.884. The second kappa shape index (κ2) is 7.73. The van der Waals surface area contributed by atoms with E-state index < -0.39 is 0 Å². The van der Waals surface area contributed by atoms with Gasteiger partial charge in [0, 0.05) is 23.5 Å². The highest BCUT2D eigenvalue weighted by molar-refractivity contribution is 5.91. The Kier molecular flexibility index (Phi) is 4.81. The topological polar surface area (TPSA) is 54.5 Å². The van der Waals surface area contributed by atoms with Crippen molar-refractivity contribution in [3.05, 3.63) is 102 Å². The predicted molar refractivity (Wildman–Crippen MR) is 111 cm³/mol. The molecule has 0 fully saturated rings. The molecule has 4 heteroatoms. The fourth-order valence-electron chi connectivity index (χ4n) is 3.09. The Morgan fingerprint density at radius 2 is 1.71 bits per heavy atom. The maximum atomic E-state index is 9.70. The van der Waals surface area contributed by atoms with Crippen LogP contribution < -0.4 is 0 Å². The van der Waals surface area contributed by atoms with Gasteiger partial charge in [0.2, 0.25) is 0 Å². The zero-order valence-corrected chi connectivity index (χ0v) is 15.4. The van der Waals surface area contributed by atoms with E-state index in [-0.39, 0.29) is 0 Å². The van der Waals surface area contributed by atoms with Crippen molar-refractivity contribution in [2.75, 3.05) is 0 Å². The lowest BCUT2D eigenvalue weighted by Crippen LogP contribution is -1.94. The quantitative estimate of drug-likeness (QED) is 0.463. The molecule has 0 N–H and O–H groups in total. The van der Waals surface area contributed by atoms with Crippen molar-refractivity contribution < 1.29 is 0 Å². The minimum absolute atomic E-state index is 0.503. The van der Waals surface area contributed by atoms with Gasteiger partial charge in [-0.3, -0.25) is 4.98 Å². The third kappa shape index (κ3) is 3.46. The molecule has 0 spiro atoms. The van der Waals surface area contributed by atoms with Gasteiger partial charge in [-0.15, -0.1) is 0 Å². The lowest BCUT2D eigenvalue weighted by atomic mass is 10.0. The number of hydrogen-bond donors (Lipinski definition) is 0. The zero-order valence-electron chi connectivity index (χ0n) is 15.4. The van der Waals surface area contributed by atoms with Crippen LogP contribution in [0.15, 0.2) is 85.2 Å². The van der Waals surface area contributed by atoms with Crippen LogP contribution in [0.25, 0.3) is 28.6 Å². The van der Waals surface area contributed by atoms with Gasteiger partial charge in [-0.1, -0.05) is 48.5 Å². The summed E-state index contributed by atoms with van der Waals surface area (Å²) in [5.74, 6) is 0. The SMILES string of the molecule is Cc1ccccc1-c1nn(-c2ccccc2)cc1/C=C(\C#N)c1ccccn1. The van der Waals surface area contributed by atoms with Gasteiger partial charge in [-0.2, -0.15) is 10.4 Å². The monoisotopic (exact) mass is 362 g/mol. The summed E-state index contributed by atoms with van der Waals surface area (Å²) in [4.78, 5) is 4.31. The molecule has 2 aromatic carbocycles. The largest absolute Gasteiger partial charge is 0.256 e. The molecule has 4 nitrogen and oxygen atoms in total. The summed E-state index contributed by atoms with van der Waals surface area (Å²) in [6, 6.07) is 25.9. The van der Waals surface area contributed by atoms with E-state index in [1.165, 1.54) is 0 Å². The van der Waals surface area contributed by atoms with Gasteiger partial charge in [0.05, 0.1) is 17.0 Å². The average Bonchev–Trinajstić information content (AvgIpc) is 3.17. The summed E-state index contributed by atoms with van der Waals surface area (Å²) >= 11 is 0. The van der Waals surface area contributed by atoms with E-state index in [0.29, 0.717) is 11.3 Å². The number of hydrogen-bond acceptors (Lipinski definition) is 3. The minimum Gasteiger partial charge on any atom is -0.256 e. The first kappa shape index (κ1) is 17.4. The summed E-state index contributed by atoms with van der Waals surface area (Å²) in [6.07, 6.45) is 5.50. The van der Waals surface area contributed by atoms with E-state index in [9.17, 15) is 5.26 Å². The third-order valence-electron chi connectivity index (χ3n) is 4.52. The molecule has 4 rings (SSSR count). The van der Waals surface area contributed by atoms with Crippen LogP contribution in [-0.4, -0.2) is 14.8 Å². The van der Waals surface area contributed by atoms with Crippen LogP contribution in [0, 0.1) is 18.3 Å². The van der Waals surface area contributed by atoms with Crippen molar-refractivity contribution in [2.45, 2.75) is 6.92 Å². The number of aromatic nitrogens is 3. The van der Waals surface area contributed by atoms with Crippen LogP contribution in [0.2, 0.25) is 0 Å². The Morgan fingerprint density at radius 1 is 0.964 bits per heavy atom. The van der Waals surface area contributed by atoms with E-state index in [0.717, 1.165) is 28.1 Å². The standard InChI is InChI=1S/C24H18N4/c1-18-9-5-6-12-22(18)24-20(15-19(16-25)23-13-7-8-14-26-23)17-28(27-24)21-10-3-2-4-11-21/h2-15,17H,1H3/b19-15+. The molecule has 0 aliphatic rings. The molecule has 0 unspecified atom stereocenters. The van der Waals surface area contributed by atoms with Gasteiger partial charge in [-0.05, 0) is 42.8 Å². The fourth-order valence-corrected chi connectivity index (χ4v) is 3.09. The van der Waals surface area contributed by atoms with Crippen LogP contribution in [0.1, 0.15) is 16.8 Å². The van der Waals surface area contributed by atoms with Crippen LogP contribution >= 0.6 is 0 Å². The highest BCUT2D eigenvalue weighted by atomic mass is 15.3. The zero-order chi connectivity index (χ0) is 19.3. The second-order valence-corrected chi connectivity index (χ2v) is 6.41. The van der Waals surface area contributed by atoms with Crippen LogP contribution in [0.3, 0.4) is 0 Å². The Bertz CT molecular complexity index is 1170. The highest BCUT2D eigenvalue weighted by Gasteiger charge is 2.14. The summed E-state index contributed by atoms with van der Waals surface area (Å²) in [5.41, 5.74) is 6.00. The molecule has 0 saturated heterocycles. The second-order valence-electron chi connectivity index (χ2n) is 6.41. The average molecular weight is 362 g/mol. The molecule has 0 saturated carbocycles. The Labute approximate surface area is 164 Å². The molecule has 2 heterocycles. The van der Waals surface area contributed by atoms with Gasteiger partial charge < -0.3 is 0 Å². The van der Waals surface area contributed by atoms with Crippen LogP contribution in [-0.2, 0) is 0 Å². The Hall–Kier alpha value is -3.97. The molecule has 0 bridgehead atoms. The van der Waals surface area contributed by atoms with E-state index in [1.807, 2.05) is 77.6 Å². The molecule has 0 amide bonds. The summed E-state index contributed by atoms with van der Waals surface area (Å²) < 4.78 is 1.85. The minimum atomic E-state index is 0.503. The van der Waals surface area contributed by atoms with E-state index in [2.05, 4.69) is 30.1 Å². The maximum absolute atomic E-state index is 9.70. The molecule has 0 radical (unpaired) electrons. The van der Waals surface area contributed by atoms with Crippen molar-refractivity contribution in [1.82, 2.24) is 14.8 Å². The predicted octanol–water partition coefficient (Wildman–Crippen LogP) is 5.31. The smallest absolute Gasteiger partial charge is 0.101 e. The number of aryl methyl sites for hydroxylation is 1. The van der Waals surface area contributed by atoms with Gasteiger partial charge in [0.25, 0.3) is 0 Å². The number of rotatable bonds is 4. The van der Waals surface area contributed by atoms with Crippen molar-refractivity contribution >= 4 is 11.6 Å². The molecule has 0 atom stereocenters. The Morgan fingerprint density at radius 3 is 2.43 bits per heavy atom.